The molecule has 0 fully saturated rings. The molecule has 4 nitrogen and oxygen atoms in total. The number of carbonyl (C=O) groups is 1. The van der Waals surface area contributed by atoms with Crippen LogP contribution >= 0.6 is 11.6 Å². The van der Waals surface area contributed by atoms with E-state index in [0.717, 1.165) is 12.8 Å². The third-order valence-electron chi connectivity index (χ3n) is 2.57. The highest BCUT2D eigenvalue weighted by Gasteiger charge is 2.23. The van der Waals surface area contributed by atoms with Gasteiger partial charge in [-0.1, -0.05) is 24.9 Å². The Bertz CT molecular complexity index is 449. The molecule has 0 saturated carbocycles. The van der Waals surface area contributed by atoms with Crippen molar-refractivity contribution in [3.63, 3.8) is 0 Å². The van der Waals surface area contributed by atoms with E-state index in [0.29, 0.717) is 22.9 Å². The van der Waals surface area contributed by atoms with Crippen LogP contribution in [-0.2, 0) is 4.74 Å². The number of ether oxygens (including phenoxy) is 1. The number of carbonyl (C=O) groups excluding carboxylic acids is 1. The van der Waals surface area contributed by atoms with E-state index in [1.165, 1.54) is 0 Å². The van der Waals surface area contributed by atoms with E-state index in [1.807, 2.05) is 20.8 Å². The predicted octanol–water partition coefficient (Wildman–Crippen LogP) is 4.46. The fourth-order valence-corrected chi connectivity index (χ4v) is 1.95. The molecule has 0 aromatic heterocycles. The average Bonchev–Trinajstić information content (AvgIpc) is 2.25. The van der Waals surface area contributed by atoms with E-state index < -0.39 is 5.60 Å². The monoisotopic (exact) mass is 298 g/mol. The summed E-state index contributed by atoms with van der Waals surface area (Å²) in [5.41, 5.74) is 6.44. The summed E-state index contributed by atoms with van der Waals surface area (Å²) in [5.74, 6) is 0. The molecule has 0 aliphatic carbocycles. The largest absolute Gasteiger partial charge is 0.443 e. The number of amides is 1. The number of nitrogen functional groups attached to an aromatic ring is 1. The van der Waals surface area contributed by atoms with Gasteiger partial charge >= 0.3 is 6.09 Å². The van der Waals surface area contributed by atoms with Gasteiger partial charge in [0.25, 0.3) is 0 Å². The first-order chi connectivity index (χ1) is 9.23. The van der Waals surface area contributed by atoms with Crippen LogP contribution in [0.25, 0.3) is 0 Å². The van der Waals surface area contributed by atoms with Gasteiger partial charge in [-0.15, -0.1) is 0 Å². The molecular weight excluding hydrogens is 276 g/mol. The van der Waals surface area contributed by atoms with Gasteiger partial charge in [0, 0.05) is 17.3 Å². The molecule has 0 aliphatic heterocycles. The summed E-state index contributed by atoms with van der Waals surface area (Å²) >= 11 is 6.01. The number of anilines is 2. The Morgan fingerprint density at radius 2 is 2.00 bits per heavy atom. The van der Waals surface area contributed by atoms with Crippen LogP contribution in [-0.4, -0.2) is 18.2 Å². The van der Waals surface area contributed by atoms with Gasteiger partial charge in [0.05, 0.1) is 5.69 Å². The van der Waals surface area contributed by atoms with Crippen molar-refractivity contribution in [1.82, 2.24) is 0 Å². The third-order valence-corrected chi connectivity index (χ3v) is 2.78. The standard InChI is InChI=1S/C15H23ClN2O2/c1-5-6-7-18(14(19)20-15(2,3)4)13-9-11(16)8-12(17)10-13/h8-10H,5-7,17H2,1-4H3. The van der Waals surface area contributed by atoms with Crippen molar-refractivity contribution in [3.05, 3.63) is 23.2 Å². The van der Waals surface area contributed by atoms with Crippen LogP contribution in [0.3, 0.4) is 0 Å². The van der Waals surface area contributed by atoms with Crippen molar-refractivity contribution in [2.45, 2.75) is 46.1 Å². The second-order valence-corrected chi connectivity index (χ2v) is 6.16. The summed E-state index contributed by atoms with van der Waals surface area (Å²) in [6.07, 6.45) is 1.48. The Hall–Kier alpha value is -1.42. The molecule has 0 radical (unpaired) electrons. The lowest BCUT2D eigenvalue weighted by molar-refractivity contribution is 0.0580. The molecule has 5 heteroatoms. The number of rotatable bonds is 4. The van der Waals surface area contributed by atoms with Crippen LogP contribution in [0.2, 0.25) is 5.02 Å². The highest BCUT2D eigenvalue weighted by Crippen LogP contribution is 2.25. The molecule has 2 N–H and O–H groups in total. The van der Waals surface area contributed by atoms with Crippen LogP contribution in [0, 0.1) is 0 Å². The maximum atomic E-state index is 12.3. The minimum atomic E-state index is -0.536. The molecule has 20 heavy (non-hydrogen) atoms. The van der Waals surface area contributed by atoms with Gasteiger partial charge in [0.15, 0.2) is 0 Å². The van der Waals surface area contributed by atoms with Crippen molar-refractivity contribution < 1.29 is 9.53 Å². The van der Waals surface area contributed by atoms with E-state index in [1.54, 1.807) is 23.1 Å². The zero-order chi connectivity index (χ0) is 15.3. The highest BCUT2D eigenvalue weighted by molar-refractivity contribution is 6.31. The molecule has 0 saturated heterocycles. The van der Waals surface area contributed by atoms with Crippen LogP contribution in [0.15, 0.2) is 18.2 Å². The van der Waals surface area contributed by atoms with E-state index in [4.69, 9.17) is 22.1 Å². The molecule has 0 atom stereocenters. The van der Waals surface area contributed by atoms with Crippen LogP contribution in [0.4, 0.5) is 16.2 Å². The van der Waals surface area contributed by atoms with Gasteiger partial charge in [0.2, 0.25) is 0 Å². The number of nitrogens with two attached hydrogens (primary N) is 1. The SMILES string of the molecule is CCCCN(C(=O)OC(C)(C)C)c1cc(N)cc(Cl)c1. The lowest BCUT2D eigenvalue weighted by Gasteiger charge is -2.27. The predicted molar refractivity (Wildman–Crippen MR) is 84.4 cm³/mol. The Labute approximate surface area is 125 Å². The molecule has 1 aromatic rings. The number of hydrogen-bond acceptors (Lipinski definition) is 3. The van der Waals surface area contributed by atoms with Gasteiger partial charge in [-0.05, 0) is 45.4 Å². The first-order valence-electron chi connectivity index (χ1n) is 6.79. The number of hydrogen-bond donors (Lipinski definition) is 1. The van der Waals surface area contributed by atoms with E-state index in [9.17, 15) is 4.79 Å². The molecule has 0 spiro atoms. The molecule has 0 aliphatic rings. The second kappa shape index (κ2) is 6.84. The van der Waals surface area contributed by atoms with Crippen LogP contribution < -0.4 is 10.6 Å². The minimum Gasteiger partial charge on any atom is -0.443 e. The number of benzene rings is 1. The van der Waals surface area contributed by atoms with E-state index >= 15 is 0 Å². The Morgan fingerprint density at radius 3 is 2.50 bits per heavy atom. The van der Waals surface area contributed by atoms with Crippen molar-refractivity contribution in [3.8, 4) is 0 Å². The topological polar surface area (TPSA) is 55.6 Å². The van der Waals surface area contributed by atoms with Crippen molar-refractivity contribution in [2.75, 3.05) is 17.2 Å². The molecule has 1 rings (SSSR count). The van der Waals surface area contributed by atoms with Gasteiger partial charge in [0.1, 0.15) is 5.60 Å². The molecule has 0 bridgehead atoms. The van der Waals surface area contributed by atoms with Crippen LogP contribution in [0.5, 0.6) is 0 Å². The van der Waals surface area contributed by atoms with Crippen LogP contribution in [0.1, 0.15) is 40.5 Å². The lowest BCUT2D eigenvalue weighted by Crippen LogP contribution is -2.37. The average molecular weight is 299 g/mol. The van der Waals surface area contributed by atoms with E-state index in [-0.39, 0.29) is 6.09 Å². The summed E-state index contributed by atoms with van der Waals surface area (Å²) in [6, 6.07) is 5.10. The number of nitrogens with zero attached hydrogens (tertiary/aromatic N) is 1. The molecule has 1 amide bonds. The summed E-state index contributed by atoms with van der Waals surface area (Å²) in [6.45, 7) is 8.17. The van der Waals surface area contributed by atoms with E-state index in [2.05, 4.69) is 6.92 Å². The summed E-state index contributed by atoms with van der Waals surface area (Å²) in [5, 5.41) is 0.505. The number of unbranched alkanes of at least 4 members (excludes halogenated alkanes) is 1. The van der Waals surface area contributed by atoms with Gasteiger partial charge < -0.3 is 10.5 Å². The number of halogens is 1. The van der Waals surface area contributed by atoms with Crippen molar-refractivity contribution >= 4 is 29.1 Å². The Morgan fingerprint density at radius 1 is 1.35 bits per heavy atom. The quantitative estimate of drug-likeness (QED) is 0.835. The van der Waals surface area contributed by atoms with Crippen molar-refractivity contribution in [2.24, 2.45) is 0 Å². The highest BCUT2D eigenvalue weighted by atomic mass is 35.5. The Balaban J connectivity index is 3.01. The zero-order valence-corrected chi connectivity index (χ0v) is 13.3. The van der Waals surface area contributed by atoms with Gasteiger partial charge in [-0.3, -0.25) is 4.90 Å². The molecule has 0 unspecified atom stereocenters. The van der Waals surface area contributed by atoms with Crippen molar-refractivity contribution in [1.29, 1.82) is 0 Å². The molecule has 1 aromatic carbocycles. The smallest absolute Gasteiger partial charge is 0.414 e. The maximum Gasteiger partial charge on any atom is 0.414 e. The first kappa shape index (κ1) is 16.6. The van der Waals surface area contributed by atoms with Gasteiger partial charge in [-0.25, -0.2) is 4.79 Å². The lowest BCUT2D eigenvalue weighted by atomic mass is 10.2. The normalized spacial score (nSPS) is 11.2. The Kier molecular flexibility index (Phi) is 5.69. The fraction of sp³-hybridized carbons (Fsp3) is 0.533. The molecular formula is C15H23ClN2O2. The zero-order valence-electron chi connectivity index (χ0n) is 12.6. The first-order valence-corrected chi connectivity index (χ1v) is 7.17. The fourth-order valence-electron chi connectivity index (χ4n) is 1.71. The second-order valence-electron chi connectivity index (χ2n) is 5.73. The minimum absolute atomic E-state index is 0.382. The summed E-state index contributed by atoms with van der Waals surface area (Å²) < 4.78 is 5.43. The molecule has 0 heterocycles. The van der Waals surface area contributed by atoms with Gasteiger partial charge in [-0.2, -0.15) is 0 Å². The third kappa shape index (κ3) is 5.29. The molecule has 112 valence electrons. The maximum absolute atomic E-state index is 12.3. The summed E-state index contributed by atoms with van der Waals surface area (Å²) in [4.78, 5) is 13.9. The summed E-state index contributed by atoms with van der Waals surface area (Å²) in [7, 11) is 0.